The molecule has 35 heavy (non-hydrogen) atoms. The number of aromatic amines is 1. The molecule has 3 heterocycles. The second kappa shape index (κ2) is 10.3. The summed E-state index contributed by atoms with van der Waals surface area (Å²) in [6.45, 7) is 6.39. The highest BCUT2D eigenvalue weighted by atomic mass is 16.5. The molecule has 6 rings (SSSR count). The minimum absolute atomic E-state index is 0.323. The number of morpholine rings is 1. The Morgan fingerprint density at radius 1 is 0.971 bits per heavy atom. The molecule has 1 N–H and O–H groups in total. The molecule has 0 radical (unpaired) electrons. The fourth-order valence-electron chi connectivity index (χ4n) is 5.40. The first-order valence-corrected chi connectivity index (χ1v) is 12.8. The number of para-hydroxylation sites is 2. The second-order valence-electron chi connectivity index (χ2n) is 9.80. The van der Waals surface area contributed by atoms with E-state index >= 15 is 0 Å². The van der Waals surface area contributed by atoms with Crippen molar-refractivity contribution in [1.29, 1.82) is 0 Å². The summed E-state index contributed by atoms with van der Waals surface area (Å²) in [5.41, 5.74) is 6.18. The van der Waals surface area contributed by atoms with Crippen LogP contribution >= 0.6 is 0 Å². The third-order valence-corrected chi connectivity index (χ3v) is 7.33. The van der Waals surface area contributed by atoms with E-state index in [0.29, 0.717) is 12.1 Å². The van der Waals surface area contributed by atoms with Crippen LogP contribution in [0.1, 0.15) is 29.8 Å². The van der Waals surface area contributed by atoms with Gasteiger partial charge in [0.15, 0.2) is 0 Å². The number of imidazole rings is 1. The predicted octanol–water partition coefficient (Wildman–Crippen LogP) is 4.50. The normalized spacial score (nSPS) is 22.5. The van der Waals surface area contributed by atoms with E-state index in [-0.39, 0.29) is 0 Å². The first-order valence-electron chi connectivity index (χ1n) is 12.8. The zero-order valence-corrected chi connectivity index (χ0v) is 20.1. The molecule has 2 aromatic carbocycles. The molecule has 3 aromatic rings. The number of nitrogens with zero attached hydrogens (tertiary/aromatic N) is 4. The van der Waals surface area contributed by atoms with Gasteiger partial charge in [-0.3, -0.25) is 14.8 Å². The van der Waals surface area contributed by atoms with E-state index in [4.69, 9.17) is 9.72 Å². The maximum absolute atomic E-state index is 5.49. The average Bonchev–Trinajstić information content (AvgIpc) is 3.32. The van der Waals surface area contributed by atoms with E-state index in [1.165, 1.54) is 16.7 Å². The highest BCUT2D eigenvalue weighted by Crippen LogP contribution is 2.29. The molecule has 1 saturated heterocycles. The molecule has 1 aromatic heterocycles. The Bertz CT molecular complexity index is 1200. The van der Waals surface area contributed by atoms with Crippen LogP contribution in [0.5, 0.6) is 0 Å². The molecule has 0 saturated carbocycles. The first kappa shape index (κ1) is 22.4. The summed E-state index contributed by atoms with van der Waals surface area (Å²) in [4.78, 5) is 18.1. The average molecular weight is 468 g/mol. The molecule has 6 heteroatoms. The van der Waals surface area contributed by atoms with Crippen LogP contribution in [0.2, 0.25) is 0 Å². The van der Waals surface area contributed by atoms with Gasteiger partial charge in [0.25, 0.3) is 0 Å². The van der Waals surface area contributed by atoms with Crippen molar-refractivity contribution in [1.82, 2.24) is 19.8 Å². The number of ether oxygens (including phenoxy) is 1. The van der Waals surface area contributed by atoms with Crippen LogP contribution in [-0.2, 0) is 24.4 Å². The van der Waals surface area contributed by atoms with E-state index < -0.39 is 0 Å². The van der Waals surface area contributed by atoms with Gasteiger partial charge in [-0.15, -0.1) is 0 Å². The number of nitrogens with one attached hydrogen (secondary N) is 1. The fourth-order valence-corrected chi connectivity index (χ4v) is 5.40. The molecule has 2 aliphatic heterocycles. The molecule has 1 aliphatic carbocycles. The maximum atomic E-state index is 5.49. The molecule has 0 amide bonds. The van der Waals surface area contributed by atoms with Gasteiger partial charge in [0.1, 0.15) is 5.82 Å². The van der Waals surface area contributed by atoms with Crippen molar-refractivity contribution in [2.45, 2.75) is 44.6 Å². The molecular weight excluding hydrogens is 434 g/mol. The van der Waals surface area contributed by atoms with Crippen LogP contribution in [0.15, 0.2) is 77.3 Å². The zero-order chi connectivity index (χ0) is 23.5. The second-order valence-corrected chi connectivity index (χ2v) is 9.80. The summed E-state index contributed by atoms with van der Waals surface area (Å²) in [6, 6.07) is 18.1. The number of benzene rings is 2. The molecule has 6 nitrogen and oxygen atoms in total. The standard InChI is InChI=1S/C29H33N5O/c1-2-6-28-27(5-1)31-29(32-28)21-34(25-11-12-26-24(18-25)4-3-13-30-26)20-23-9-7-22(8-10-23)19-33-14-16-35-17-15-33/h1-10,13,18,25-26H,11-12,14-17,19-21H2,(H,31,32). The molecule has 1 fully saturated rings. The monoisotopic (exact) mass is 467 g/mol. The Morgan fingerprint density at radius 3 is 2.66 bits per heavy atom. The lowest BCUT2D eigenvalue weighted by molar-refractivity contribution is 0.0342. The van der Waals surface area contributed by atoms with Gasteiger partial charge in [-0.05, 0) is 47.8 Å². The van der Waals surface area contributed by atoms with Gasteiger partial charge >= 0.3 is 0 Å². The van der Waals surface area contributed by atoms with E-state index in [1.807, 2.05) is 12.3 Å². The molecule has 0 spiro atoms. The Labute approximate surface area is 207 Å². The van der Waals surface area contributed by atoms with Crippen molar-refractivity contribution in [3.63, 3.8) is 0 Å². The van der Waals surface area contributed by atoms with Gasteiger partial charge in [0, 0.05) is 38.4 Å². The van der Waals surface area contributed by atoms with Crippen LogP contribution in [-0.4, -0.2) is 64.4 Å². The number of fused-ring (bicyclic) bond motifs is 2. The van der Waals surface area contributed by atoms with Gasteiger partial charge < -0.3 is 9.72 Å². The van der Waals surface area contributed by atoms with Crippen molar-refractivity contribution >= 4 is 17.2 Å². The zero-order valence-electron chi connectivity index (χ0n) is 20.1. The Kier molecular flexibility index (Phi) is 6.58. The molecule has 180 valence electrons. The SMILES string of the molecule is C1=CC2=CC(N(Cc3ccc(CN4CCOCC4)cc3)Cc3nc4ccccc4[nH]3)CCC2N=C1. The highest BCUT2D eigenvalue weighted by molar-refractivity contribution is 5.75. The number of hydrogen-bond acceptors (Lipinski definition) is 5. The minimum atomic E-state index is 0.323. The molecule has 3 aliphatic rings. The van der Waals surface area contributed by atoms with Gasteiger partial charge in [-0.25, -0.2) is 4.98 Å². The van der Waals surface area contributed by atoms with Crippen molar-refractivity contribution < 1.29 is 4.74 Å². The van der Waals surface area contributed by atoms with Gasteiger partial charge in [0.2, 0.25) is 0 Å². The first-order chi connectivity index (χ1) is 17.3. The third-order valence-electron chi connectivity index (χ3n) is 7.33. The van der Waals surface area contributed by atoms with Gasteiger partial charge in [-0.2, -0.15) is 0 Å². The minimum Gasteiger partial charge on any atom is -0.379 e. The number of dihydropyridines is 1. The molecule has 0 bridgehead atoms. The Hall–Kier alpha value is -3.06. The van der Waals surface area contributed by atoms with E-state index in [1.54, 1.807) is 0 Å². The molecule has 2 atom stereocenters. The van der Waals surface area contributed by atoms with Crippen LogP contribution in [0.4, 0.5) is 0 Å². The smallest absolute Gasteiger partial charge is 0.121 e. The quantitative estimate of drug-likeness (QED) is 0.556. The lowest BCUT2D eigenvalue weighted by Crippen LogP contribution is -2.37. The summed E-state index contributed by atoms with van der Waals surface area (Å²) in [5.74, 6) is 1.02. The third kappa shape index (κ3) is 5.30. The van der Waals surface area contributed by atoms with Crippen molar-refractivity contribution in [2.24, 2.45) is 4.99 Å². The van der Waals surface area contributed by atoms with Gasteiger partial charge in [-0.1, -0.05) is 48.6 Å². The topological polar surface area (TPSA) is 56.8 Å². The predicted molar refractivity (Wildman–Crippen MR) is 140 cm³/mol. The number of allylic oxidation sites excluding steroid dienone is 1. The summed E-state index contributed by atoms with van der Waals surface area (Å²) < 4.78 is 5.49. The lowest BCUT2D eigenvalue weighted by Gasteiger charge is -2.34. The maximum Gasteiger partial charge on any atom is 0.121 e. The van der Waals surface area contributed by atoms with Crippen LogP contribution in [0.25, 0.3) is 11.0 Å². The number of hydrogen-bond donors (Lipinski definition) is 1. The van der Waals surface area contributed by atoms with Crippen molar-refractivity contribution in [2.75, 3.05) is 26.3 Å². The van der Waals surface area contributed by atoms with E-state index in [9.17, 15) is 0 Å². The molecular formula is C29H33N5O. The van der Waals surface area contributed by atoms with E-state index in [2.05, 4.69) is 80.5 Å². The Balaban J connectivity index is 1.21. The number of aromatic nitrogens is 2. The van der Waals surface area contributed by atoms with Crippen molar-refractivity contribution in [3.8, 4) is 0 Å². The fraction of sp³-hybridized carbons (Fsp3) is 0.379. The van der Waals surface area contributed by atoms with E-state index in [0.717, 1.165) is 75.6 Å². The number of aliphatic imine (C=N–C) groups is 1. The number of rotatable bonds is 7. The van der Waals surface area contributed by atoms with Crippen molar-refractivity contribution in [3.05, 3.63) is 89.3 Å². The highest BCUT2D eigenvalue weighted by Gasteiger charge is 2.27. The summed E-state index contributed by atoms with van der Waals surface area (Å²) in [5, 5.41) is 0. The summed E-state index contributed by atoms with van der Waals surface area (Å²) >= 11 is 0. The summed E-state index contributed by atoms with van der Waals surface area (Å²) in [7, 11) is 0. The lowest BCUT2D eigenvalue weighted by atomic mass is 9.89. The Morgan fingerprint density at radius 2 is 1.80 bits per heavy atom. The number of H-pyrrole nitrogens is 1. The largest absolute Gasteiger partial charge is 0.379 e. The van der Waals surface area contributed by atoms with Crippen LogP contribution in [0.3, 0.4) is 0 Å². The van der Waals surface area contributed by atoms with Crippen LogP contribution < -0.4 is 0 Å². The van der Waals surface area contributed by atoms with Crippen LogP contribution in [0, 0.1) is 0 Å². The molecule has 2 unspecified atom stereocenters. The summed E-state index contributed by atoms with van der Waals surface area (Å²) in [6.07, 6.45) is 10.8. The van der Waals surface area contributed by atoms with Gasteiger partial charge in [0.05, 0.1) is 36.8 Å².